The summed E-state index contributed by atoms with van der Waals surface area (Å²) in [6, 6.07) is 1.28. The van der Waals surface area contributed by atoms with Gasteiger partial charge in [0.05, 0.1) is 15.9 Å². The van der Waals surface area contributed by atoms with Gasteiger partial charge in [-0.1, -0.05) is 0 Å². The Labute approximate surface area is 71.6 Å². The predicted octanol–water partition coefficient (Wildman–Crippen LogP) is 2.16. The van der Waals surface area contributed by atoms with Crippen molar-refractivity contribution in [3.63, 3.8) is 0 Å². The third kappa shape index (κ3) is 1.53. The molecule has 0 bridgehead atoms. The van der Waals surface area contributed by atoms with Gasteiger partial charge in [-0.05, 0) is 6.07 Å². The zero-order valence-corrected chi connectivity index (χ0v) is 6.52. The molecule has 0 spiro atoms. The molecule has 3 nitrogen and oxygen atoms in total. The van der Waals surface area contributed by atoms with E-state index in [0.717, 1.165) is 6.07 Å². The largest absolute Gasteiger partial charge is 0.308 e. The van der Waals surface area contributed by atoms with Crippen LogP contribution < -0.4 is 0 Å². The second-order valence-electron chi connectivity index (χ2n) is 2.02. The minimum Gasteiger partial charge on any atom is -0.258 e. The standard InChI is InChI=1S/C6H3F2NO2S/c7-3-1-4(9(10)11)6(8)5(12)2-3/h1-2,12H. The van der Waals surface area contributed by atoms with Crippen LogP contribution in [0.4, 0.5) is 14.5 Å². The molecule has 0 radical (unpaired) electrons. The van der Waals surface area contributed by atoms with Crippen molar-refractivity contribution in [2.75, 3.05) is 0 Å². The Balaban J connectivity index is 3.37. The van der Waals surface area contributed by atoms with Crippen LogP contribution in [0.25, 0.3) is 0 Å². The molecule has 0 unspecified atom stereocenters. The summed E-state index contributed by atoms with van der Waals surface area (Å²) < 4.78 is 25.2. The van der Waals surface area contributed by atoms with Gasteiger partial charge in [0.2, 0.25) is 5.82 Å². The molecule has 0 saturated carbocycles. The van der Waals surface area contributed by atoms with Crippen LogP contribution in [0.3, 0.4) is 0 Å². The highest BCUT2D eigenvalue weighted by Crippen LogP contribution is 2.24. The van der Waals surface area contributed by atoms with Crippen LogP contribution in [0.15, 0.2) is 17.0 Å². The quantitative estimate of drug-likeness (QED) is 0.420. The number of rotatable bonds is 1. The van der Waals surface area contributed by atoms with E-state index in [0.29, 0.717) is 6.07 Å². The lowest BCUT2D eigenvalue weighted by molar-refractivity contribution is -0.388. The second-order valence-corrected chi connectivity index (χ2v) is 2.50. The van der Waals surface area contributed by atoms with Crippen molar-refractivity contribution >= 4 is 18.3 Å². The molecule has 0 aliphatic heterocycles. The molecule has 6 heteroatoms. The summed E-state index contributed by atoms with van der Waals surface area (Å²) in [5.74, 6) is -2.00. The molecule has 0 fully saturated rings. The minimum atomic E-state index is -1.12. The topological polar surface area (TPSA) is 43.1 Å². The maximum absolute atomic E-state index is 12.7. The van der Waals surface area contributed by atoms with Crippen LogP contribution in [0.5, 0.6) is 0 Å². The van der Waals surface area contributed by atoms with Crippen molar-refractivity contribution in [3.8, 4) is 0 Å². The fourth-order valence-corrected chi connectivity index (χ4v) is 0.932. The van der Waals surface area contributed by atoms with Gasteiger partial charge in [-0.15, -0.1) is 12.6 Å². The summed E-state index contributed by atoms with van der Waals surface area (Å²) >= 11 is 3.51. The SMILES string of the molecule is O=[N+]([O-])c1cc(F)cc(S)c1F. The number of hydrogen-bond donors (Lipinski definition) is 1. The molecule has 1 aromatic rings. The fourth-order valence-electron chi connectivity index (χ4n) is 0.694. The van der Waals surface area contributed by atoms with Crippen molar-refractivity contribution in [2.24, 2.45) is 0 Å². The van der Waals surface area contributed by atoms with E-state index in [1.807, 2.05) is 0 Å². The van der Waals surface area contributed by atoms with Gasteiger partial charge in [0, 0.05) is 0 Å². The summed E-state index contributed by atoms with van der Waals surface area (Å²) in [4.78, 5) is 8.72. The lowest BCUT2D eigenvalue weighted by Crippen LogP contribution is -1.94. The van der Waals surface area contributed by atoms with E-state index in [2.05, 4.69) is 12.6 Å². The Hall–Kier alpha value is -1.17. The van der Waals surface area contributed by atoms with Crippen molar-refractivity contribution in [2.45, 2.75) is 4.90 Å². The van der Waals surface area contributed by atoms with Crippen LogP contribution in [0.1, 0.15) is 0 Å². The molecule has 1 aromatic carbocycles. The maximum atomic E-state index is 12.7. The number of hydrogen-bond acceptors (Lipinski definition) is 3. The van der Waals surface area contributed by atoms with Gasteiger partial charge in [-0.3, -0.25) is 10.1 Å². The summed E-state index contributed by atoms with van der Waals surface area (Å²) in [6.45, 7) is 0. The zero-order valence-electron chi connectivity index (χ0n) is 5.62. The molecule has 1 rings (SSSR count). The van der Waals surface area contributed by atoms with Crippen LogP contribution >= 0.6 is 12.6 Å². The normalized spacial score (nSPS) is 9.92. The Morgan fingerprint density at radius 1 is 1.42 bits per heavy atom. The number of halogens is 2. The van der Waals surface area contributed by atoms with Crippen molar-refractivity contribution < 1.29 is 13.7 Å². The summed E-state index contributed by atoms with van der Waals surface area (Å²) in [7, 11) is 0. The average molecular weight is 191 g/mol. The number of nitro benzene ring substituents is 1. The summed E-state index contributed by atoms with van der Waals surface area (Å²) in [6.07, 6.45) is 0. The van der Waals surface area contributed by atoms with E-state index < -0.39 is 22.2 Å². The molecule has 0 N–H and O–H groups in total. The van der Waals surface area contributed by atoms with E-state index in [1.54, 1.807) is 0 Å². The van der Waals surface area contributed by atoms with Crippen LogP contribution in [0.2, 0.25) is 0 Å². The van der Waals surface area contributed by atoms with Crippen molar-refractivity contribution in [1.29, 1.82) is 0 Å². The average Bonchev–Trinajstić information content (AvgIpc) is 1.96. The second kappa shape index (κ2) is 3.06. The third-order valence-electron chi connectivity index (χ3n) is 1.20. The van der Waals surface area contributed by atoms with E-state index in [9.17, 15) is 18.9 Å². The van der Waals surface area contributed by atoms with E-state index in [1.165, 1.54) is 0 Å². The van der Waals surface area contributed by atoms with Gasteiger partial charge in [0.25, 0.3) is 0 Å². The first-order chi connectivity index (χ1) is 5.52. The molecule has 0 aliphatic carbocycles. The number of nitro groups is 1. The molecule has 12 heavy (non-hydrogen) atoms. The molecule has 0 saturated heterocycles. The first-order valence-corrected chi connectivity index (χ1v) is 3.29. The Kier molecular flexibility index (Phi) is 2.27. The highest BCUT2D eigenvalue weighted by molar-refractivity contribution is 7.80. The molecule has 0 amide bonds. The molecular formula is C6H3F2NO2S. The van der Waals surface area contributed by atoms with E-state index in [4.69, 9.17) is 0 Å². The third-order valence-corrected chi connectivity index (χ3v) is 1.52. The van der Waals surface area contributed by atoms with Crippen LogP contribution in [-0.2, 0) is 0 Å². The highest BCUT2D eigenvalue weighted by Gasteiger charge is 2.17. The Morgan fingerprint density at radius 2 is 2.00 bits per heavy atom. The number of benzene rings is 1. The fraction of sp³-hybridized carbons (Fsp3) is 0. The minimum absolute atomic E-state index is 0.373. The van der Waals surface area contributed by atoms with Gasteiger partial charge in [-0.2, -0.15) is 4.39 Å². The number of thiol groups is 1. The number of nitrogens with zero attached hydrogens (tertiary/aromatic N) is 1. The lowest BCUT2D eigenvalue weighted by atomic mass is 10.3. The molecule has 0 aromatic heterocycles. The molecule has 0 atom stereocenters. The summed E-state index contributed by atoms with van der Waals surface area (Å²) in [5.41, 5.74) is -0.903. The maximum Gasteiger partial charge on any atom is 0.308 e. The lowest BCUT2D eigenvalue weighted by Gasteiger charge is -1.96. The molecule has 0 aliphatic rings. The van der Waals surface area contributed by atoms with E-state index in [-0.39, 0.29) is 4.90 Å². The van der Waals surface area contributed by atoms with E-state index >= 15 is 0 Å². The molecule has 0 heterocycles. The van der Waals surface area contributed by atoms with Crippen molar-refractivity contribution in [1.82, 2.24) is 0 Å². The monoisotopic (exact) mass is 191 g/mol. The predicted molar refractivity (Wildman–Crippen MR) is 40.3 cm³/mol. The van der Waals surface area contributed by atoms with Crippen molar-refractivity contribution in [3.05, 3.63) is 33.9 Å². The Bertz CT molecular complexity index is 343. The summed E-state index contributed by atoms with van der Waals surface area (Å²) in [5, 5.41) is 10.1. The molecular weight excluding hydrogens is 188 g/mol. The highest BCUT2D eigenvalue weighted by atomic mass is 32.1. The van der Waals surface area contributed by atoms with Gasteiger partial charge in [-0.25, -0.2) is 4.39 Å². The van der Waals surface area contributed by atoms with Gasteiger partial charge < -0.3 is 0 Å². The van der Waals surface area contributed by atoms with Gasteiger partial charge >= 0.3 is 5.69 Å². The van der Waals surface area contributed by atoms with Crippen LogP contribution in [0, 0.1) is 21.7 Å². The zero-order chi connectivity index (χ0) is 9.30. The van der Waals surface area contributed by atoms with Gasteiger partial charge in [0.1, 0.15) is 5.82 Å². The Morgan fingerprint density at radius 3 is 2.50 bits per heavy atom. The first-order valence-electron chi connectivity index (χ1n) is 2.85. The molecule has 64 valence electrons. The first kappa shape index (κ1) is 8.92. The smallest absolute Gasteiger partial charge is 0.258 e. The van der Waals surface area contributed by atoms with Crippen LogP contribution in [-0.4, -0.2) is 4.92 Å². The van der Waals surface area contributed by atoms with Gasteiger partial charge in [0.15, 0.2) is 0 Å².